The summed E-state index contributed by atoms with van der Waals surface area (Å²) in [6, 6.07) is 7.49. The molecule has 134 valence electrons. The number of fused-ring (bicyclic) bond motifs is 1. The number of H-pyrrole nitrogens is 1. The van der Waals surface area contributed by atoms with E-state index in [9.17, 15) is 4.79 Å². The molecule has 1 aliphatic heterocycles. The average Bonchev–Trinajstić information content (AvgIpc) is 3.16. The molecule has 1 N–H and O–H groups in total. The molecular formula is C18H19N5O2S. The lowest BCUT2D eigenvalue weighted by atomic mass is 10.2. The van der Waals surface area contributed by atoms with Crippen LogP contribution in [0.4, 0.5) is 5.95 Å². The van der Waals surface area contributed by atoms with Crippen LogP contribution in [0.15, 0.2) is 29.1 Å². The molecule has 0 spiro atoms. The zero-order valence-corrected chi connectivity index (χ0v) is 15.5. The third-order valence-electron chi connectivity index (χ3n) is 4.61. The number of aromatic nitrogens is 4. The van der Waals surface area contributed by atoms with Crippen LogP contribution < -0.4 is 15.2 Å². The number of methoxy groups -OCH3 is 1. The van der Waals surface area contributed by atoms with Crippen molar-refractivity contribution in [3.8, 4) is 11.4 Å². The summed E-state index contributed by atoms with van der Waals surface area (Å²) in [4.78, 5) is 26.8. The van der Waals surface area contributed by atoms with E-state index in [2.05, 4.69) is 19.9 Å². The van der Waals surface area contributed by atoms with Gasteiger partial charge in [-0.05, 0) is 31.9 Å². The zero-order valence-electron chi connectivity index (χ0n) is 14.7. The van der Waals surface area contributed by atoms with Crippen LogP contribution >= 0.6 is 12.2 Å². The largest absolute Gasteiger partial charge is 0.497 e. The number of aryl methyl sites for hydroxylation is 1. The van der Waals surface area contributed by atoms with E-state index in [1.165, 1.54) is 0 Å². The minimum Gasteiger partial charge on any atom is -0.497 e. The molecule has 0 amide bonds. The maximum absolute atomic E-state index is 12.7. The lowest BCUT2D eigenvalue weighted by Crippen LogP contribution is -2.25. The van der Waals surface area contributed by atoms with E-state index in [0.29, 0.717) is 33.2 Å². The number of nitrogens with one attached hydrogen (secondary N) is 1. The summed E-state index contributed by atoms with van der Waals surface area (Å²) < 4.78 is 7.45. The Hall–Kier alpha value is -2.74. The van der Waals surface area contributed by atoms with Gasteiger partial charge in [-0.3, -0.25) is 14.3 Å². The van der Waals surface area contributed by atoms with E-state index in [-0.39, 0.29) is 5.56 Å². The highest BCUT2D eigenvalue weighted by atomic mass is 32.1. The fraction of sp³-hybridized carbons (Fsp3) is 0.333. The lowest BCUT2D eigenvalue weighted by molar-refractivity contribution is 0.414. The second-order valence-electron chi connectivity index (χ2n) is 6.28. The van der Waals surface area contributed by atoms with E-state index in [4.69, 9.17) is 17.0 Å². The summed E-state index contributed by atoms with van der Waals surface area (Å²) >= 11 is 5.62. The Bertz CT molecular complexity index is 1100. The molecule has 4 rings (SSSR count). The van der Waals surface area contributed by atoms with Crippen molar-refractivity contribution in [3.05, 3.63) is 45.1 Å². The van der Waals surface area contributed by atoms with Gasteiger partial charge in [-0.15, -0.1) is 0 Å². The van der Waals surface area contributed by atoms with Gasteiger partial charge in [0.2, 0.25) is 5.95 Å². The van der Waals surface area contributed by atoms with Gasteiger partial charge in [-0.25, -0.2) is 4.98 Å². The predicted octanol–water partition coefficient (Wildman–Crippen LogP) is 2.76. The highest BCUT2D eigenvalue weighted by Crippen LogP contribution is 2.22. The molecule has 1 aromatic carbocycles. The van der Waals surface area contributed by atoms with E-state index in [1.807, 2.05) is 31.2 Å². The molecule has 0 radical (unpaired) electrons. The highest BCUT2D eigenvalue weighted by molar-refractivity contribution is 7.71. The average molecular weight is 369 g/mol. The lowest BCUT2D eigenvalue weighted by Gasteiger charge is -2.17. The fourth-order valence-electron chi connectivity index (χ4n) is 3.32. The van der Waals surface area contributed by atoms with Gasteiger partial charge in [0.1, 0.15) is 21.6 Å². The molecule has 0 unspecified atom stereocenters. The molecule has 0 saturated carbocycles. The first kappa shape index (κ1) is 16.7. The summed E-state index contributed by atoms with van der Waals surface area (Å²) in [5.74, 6) is 1.95. The second kappa shape index (κ2) is 6.53. The van der Waals surface area contributed by atoms with Gasteiger partial charge in [0.25, 0.3) is 5.56 Å². The summed E-state index contributed by atoms with van der Waals surface area (Å²) in [6.07, 6.45) is 2.20. The van der Waals surface area contributed by atoms with Gasteiger partial charge in [0.05, 0.1) is 12.8 Å². The number of benzene rings is 1. The predicted molar refractivity (Wildman–Crippen MR) is 103 cm³/mol. The van der Waals surface area contributed by atoms with Crippen molar-refractivity contribution in [1.82, 2.24) is 19.5 Å². The molecule has 8 heteroatoms. The molecule has 0 aliphatic carbocycles. The Kier molecular flexibility index (Phi) is 4.20. The Morgan fingerprint density at radius 1 is 1.23 bits per heavy atom. The van der Waals surface area contributed by atoms with Crippen LogP contribution in [0.2, 0.25) is 0 Å². The maximum Gasteiger partial charge on any atom is 0.264 e. The zero-order chi connectivity index (χ0) is 18.3. The van der Waals surface area contributed by atoms with Crippen molar-refractivity contribution in [2.45, 2.75) is 19.8 Å². The number of aromatic amines is 1. The van der Waals surface area contributed by atoms with Crippen LogP contribution in [-0.2, 0) is 0 Å². The van der Waals surface area contributed by atoms with Crippen molar-refractivity contribution in [2.24, 2.45) is 0 Å². The van der Waals surface area contributed by atoms with Crippen molar-refractivity contribution in [3.63, 3.8) is 0 Å². The summed E-state index contributed by atoms with van der Waals surface area (Å²) in [7, 11) is 1.61. The normalized spacial score (nSPS) is 14.2. The van der Waals surface area contributed by atoms with Gasteiger partial charge in [0, 0.05) is 19.2 Å². The van der Waals surface area contributed by atoms with Gasteiger partial charge >= 0.3 is 0 Å². The molecule has 1 fully saturated rings. The molecule has 1 saturated heterocycles. The second-order valence-corrected chi connectivity index (χ2v) is 6.67. The number of hydrogen-bond acceptors (Lipinski definition) is 6. The van der Waals surface area contributed by atoms with E-state index in [1.54, 1.807) is 11.7 Å². The van der Waals surface area contributed by atoms with E-state index in [0.717, 1.165) is 31.6 Å². The monoisotopic (exact) mass is 369 g/mol. The minimum absolute atomic E-state index is 0.258. The number of ether oxygens (including phenoxy) is 1. The number of hydrogen-bond donors (Lipinski definition) is 1. The van der Waals surface area contributed by atoms with Crippen molar-refractivity contribution in [2.75, 3.05) is 25.1 Å². The Morgan fingerprint density at radius 2 is 2.00 bits per heavy atom. The van der Waals surface area contributed by atoms with Crippen LogP contribution in [-0.4, -0.2) is 39.7 Å². The smallest absolute Gasteiger partial charge is 0.264 e. The molecule has 1 aliphatic rings. The summed E-state index contributed by atoms with van der Waals surface area (Å²) in [6.45, 7) is 3.64. The van der Waals surface area contributed by atoms with E-state index >= 15 is 0 Å². The van der Waals surface area contributed by atoms with Crippen LogP contribution in [0.25, 0.3) is 16.7 Å². The molecule has 7 nitrogen and oxygen atoms in total. The molecule has 26 heavy (non-hydrogen) atoms. The van der Waals surface area contributed by atoms with Crippen LogP contribution in [0.1, 0.15) is 18.7 Å². The first-order valence-corrected chi connectivity index (χ1v) is 8.92. The van der Waals surface area contributed by atoms with Gasteiger partial charge in [-0.2, -0.15) is 4.98 Å². The van der Waals surface area contributed by atoms with Gasteiger partial charge in [0.15, 0.2) is 5.65 Å². The molecule has 0 atom stereocenters. The molecular weight excluding hydrogens is 350 g/mol. The molecule has 3 aromatic rings. The van der Waals surface area contributed by atoms with Crippen molar-refractivity contribution in [1.29, 1.82) is 0 Å². The fourth-order valence-corrected chi connectivity index (χ4v) is 3.74. The third kappa shape index (κ3) is 2.76. The number of anilines is 1. The summed E-state index contributed by atoms with van der Waals surface area (Å²) in [5.41, 5.74) is 0.924. The van der Waals surface area contributed by atoms with Crippen LogP contribution in [0, 0.1) is 11.6 Å². The Morgan fingerprint density at radius 3 is 2.73 bits per heavy atom. The quantitative estimate of drug-likeness (QED) is 0.716. The molecule has 0 bridgehead atoms. The first-order chi connectivity index (χ1) is 12.6. The maximum atomic E-state index is 12.7. The van der Waals surface area contributed by atoms with Crippen LogP contribution in [0.5, 0.6) is 5.75 Å². The standard InChI is InChI=1S/C18H19N5O2S/c1-11-19-15-14(16(24)21-18(20-15)22-8-3-4-9-22)17(26)23(11)12-6-5-7-13(10-12)25-2/h5-7,10H,3-4,8-9H2,1-2H3,(H,20,21,24). The Balaban J connectivity index is 1.94. The van der Waals surface area contributed by atoms with Crippen molar-refractivity contribution >= 4 is 29.2 Å². The topological polar surface area (TPSA) is 76.0 Å². The first-order valence-electron chi connectivity index (χ1n) is 8.51. The van der Waals surface area contributed by atoms with Crippen LogP contribution in [0.3, 0.4) is 0 Å². The third-order valence-corrected chi connectivity index (χ3v) is 5.00. The minimum atomic E-state index is -0.258. The number of nitrogens with zero attached hydrogens (tertiary/aromatic N) is 4. The summed E-state index contributed by atoms with van der Waals surface area (Å²) in [5, 5.41) is 0.330. The van der Waals surface area contributed by atoms with Crippen molar-refractivity contribution < 1.29 is 4.74 Å². The molecule has 3 heterocycles. The van der Waals surface area contributed by atoms with Gasteiger partial charge in [-0.1, -0.05) is 18.3 Å². The highest BCUT2D eigenvalue weighted by Gasteiger charge is 2.18. The van der Waals surface area contributed by atoms with E-state index < -0.39 is 0 Å². The van der Waals surface area contributed by atoms with Gasteiger partial charge < -0.3 is 9.64 Å². The SMILES string of the molecule is COc1cccc(-n2c(C)nc3nc(N4CCCC4)[nH]c(=O)c3c2=S)c1. The molecule has 2 aromatic heterocycles. The Labute approximate surface area is 155 Å². The number of rotatable bonds is 3.